The predicted molar refractivity (Wildman–Crippen MR) is 88.9 cm³/mol. The lowest BCUT2D eigenvalue weighted by atomic mass is 10.1. The molecule has 0 N–H and O–H groups in total. The quantitative estimate of drug-likeness (QED) is 0.290. The molecule has 5 heteroatoms. The summed E-state index contributed by atoms with van der Waals surface area (Å²) in [7, 11) is 0. The average Bonchev–Trinajstić information content (AvgIpc) is 3.07. The third-order valence-corrected chi connectivity index (χ3v) is 4.03. The second-order valence-corrected chi connectivity index (χ2v) is 6.03. The van der Waals surface area contributed by atoms with Crippen molar-refractivity contribution in [1.82, 2.24) is 0 Å². The fourth-order valence-electron chi connectivity index (χ4n) is 2.63. The first-order chi connectivity index (χ1) is 11.3. The van der Waals surface area contributed by atoms with E-state index in [-0.39, 0.29) is 0 Å². The van der Waals surface area contributed by atoms with E-state index in [1.807, 2.05) is 0 Å². The molecule has 132 valence electrons. The van der Waals surface area contributed by atoms with Gasteiger partial charge in [-0.15, -0.1) is 0 Å². The van der Waals surface area contributed by atoms with Crippen molar-refractivity contribution in [1.29, 1.82) is 0 Å². The van der Waals surface area contributed by atoms with Gasteiger partial charge in [0.15, 0.2) is 0 Å². The minimum absolute atomic E-state index is 0.383. The van der Waals surface area contributed by atoms with Crippen molar-refractivity contribution >= 4 is 5.97 Å². The van der Waals surface area contributed by atoms with E-state index >= 15 is 0 Å². The van der Waals surface area contributed by atoms with E-state index in [1.165, 1.54) is 51.4 Å². The molecular formula is C18H31NO4. The summed E-state index contributed by atoms with van der Waals surface area (Å²) in [4.78, 5) is 15.1. The Morgan fingerprint density at radius 2 is 1.57 bits per heavy atom. The van der Waals surface area contributed by atoms with E-state index in [4.69, 9.17) is 20.8 Å². The molecule has 0 saturated carbocycles. The zero-order chi connectivity index (χ0) is 16.8. The van der Waals surface area contributed by atoms with Gasteiger partial charge >= 0.3 is 12.0 Å². The van der Waals surface area contributed by atoms with E-state index in [1.54, 1.807) is 0 Å². The topological polar surface area (TPSA) is 49.1 Å². The summed E-state index contributed by atoms with van der Waals surface area (Å²) in [5.74, 6) is -0.525. The molecule has 0 amide bonds. The Labute approximate surface area is 140 Å². The number of hydrogen-bond acceptors (Lipinski definition) is 4. The molecular weight excluding hydrogens is 294 g/mol. The van der Waals surface area contributed by atoms with E-state index in [9.17, 15) is 4.79 Å². The molecule has 0 spiro atoms. The van der Waals surface area contributed by atoms with Crippen molar-refractivity contribution in [3.63, 3.8) is 0 Å². The monoisotopic (exact) mass is 325 g/mol. The van der Waals surface area contributed by atoms with Crippen LogP contribution in [0.15, 0.2) is 0 Å². The number of carbonyl (C=O) groups is 1. The smallest absolute Gasteiger partial charge is 0.395 e. The van der Waals surface area contributed by atoms with Crippen LogP contribution in [-0.4, -0.2) is 38.1 Å². The predicted octanol–water partition coefficient (Wildman–Crippen LogP) is 4.11. The Kier molecular flexibility index (Phi) is 11.5. The van der Waals surface area contributed by atoms with Gasteiger partial charge in [0.2, 0.25) is 6.29 Å². The van der Waals surface area contributed by atoms with Gasteiger partial charge in [-0.3, -0.25) is 4.85 Å². The van der Waals surface area contributed by atoms with E-state index < -0.39 is 18.3 Å². The van der Waals surface area contributed by atoms with Gasteiger partial charge < -0.3 is 14.2 Å². The van der Waals surface area contributed by atoms with E-state index in [0.29, 0.717) is 19.8 Å². The Morgan fingerprint density at radius 1 is 1.04 bits per heavy atom. The maximum atomic E-state index is 11.8. The van der Waals surface area contributed by atoms with Crippen LogP contribution in [0.25, 0.3) is 4.85 Å². The van der Waals surface area contributed by atoms with Crippen LogP contribution in [0, 0.1) is 6.57 Å². The maximum absolute atomic E-state index is 11.8. The van der Waals surface area contributed by atoms with Crippen molar-refractivity contribution in [3.8, 4) is 0 Å². The normalized spacial score (nSPS) is 16.2. The van der Waals surface area contributed by atoms with Crippen LogP contribution in [-0.2, 0) is 19.0 Å². The van der Waals surface area contributed by atoms with Crippen LogP contribution in [0.1, 0.15) is 71.1 Å². The molecule has 0 radical (unpaired) electrons. The molecule has 5 nitrogen and oxygen atoms in total. The van der Waals surface area contributed by atoms with Crippen LogP contribution < -0.4 is 0 Å². The van der Waals surface area contributed by atoms with Crippen molar-refractivity contribution < 1.29 is 19.0 Å². The molecule has 0 bridgehead atoms. The lowest BCUT2D eigenvalue weighted by Crippen LogP contribution is -2.33. The summed E-state index contributed by atoms with van der Waals surface area (Å²) < 4.78 is 15.6. The van der Waals surface area contributed by atoms with Gasteiger partial charge in [0.1, 0.15) is 0 Å². The second-order valence-electron chi connectivity index (χ2n) is 6.03. The van der Waals surface area contributed by atoms with Gasteiger partial charge in [-0.2, -0.15) is 0 Å². The molecule has 1 fully saturated rings. The number of hydrogen-bond donors (Lipinski definition) is 0. The Hall–Kier alpha value is -1.12. The van der Waals surface area contributed by atoms with Gasteiger partial charge in [0.25, 0.3) is 0 Å². The number of unbranched alkanes of at least 4 members (excludes halogenated alkanes) is 9. The summed E-state index contributed by atoms with van der Waals surface area (Å²) in [5, 5.41) is 0. The summed E-state index contributed by atoms with van der Waals surface area (Å²) in [5.41, 5.74) is 0. The lowest BCUT2D eigenvalue weighted by Gasteiger charge is -2.11. The van der Waals surface area contributed by atoms with Gasteiger partial charge in [-0.05, 0) is 6.42 Å². The molecule has 0 aromatic rings. The van der Waals surface area contributed by atoms with Crippen LogP contribution in [0.2, 0.25) is 0 Å². The Morgan fingerprint density at radius 3 is 2.09 bits per heavy atom. The summed E-state index contributed by atoms with van der Waals surface area (Å²) in [6, 6.07) is -0.986. The zero-order valence-electron chi connectivity index (χ0n) is 14.4. The first-order valence-corrected chi connectivity index (χ1v) is 9.06. The largest absolute Gasteiger partial charge is 0.460 e. The SMILES string of the molecule is [C-]#[N+]C(C(=O)OCCCCCCCCCCCC)C1OCCO1. The molecule has 1 rings (SSSR count). The first kappa shape index (κ1) is 19.9. The first-order valence-electron chi connectivity index (χ1n) is 9.06. The van der Waals surface area contributed by atoms with E-state index in [2.05, 4.69) is 11.8 Å². The Bertz CT molecular complexity index is 347. The molecule has 1 saturated heterocycles. The highest BCUT2D eigenvalue weighted by molar-refractivity contribution is 5.78. The Balaban J connectivity index is 1.93. The summed E-state index contributed by atoms with van der Waals surface area (Å²) in [6.07, 6.45) is 11.6. The maximum Gasteiger partial charge on any atom is 0.395 e. The highest BCUT2D eigenvalue weighted by Crippen LogP contribution is 2.14. The summed E-state index contributed by atoms with van der Waals surface area (Å²) >= 11 is 0. The van der Waals surface area contributed by atoms with Gasteiger partial charge in [-0.25, -0.2) is 11.4 Å². The van der Waals surface area contributed by atoms with Crippen molar-refractivity contribution in [2.24, 2.45) is 0 Å². The molecule has 1 aliphatic rings. The van der Waals surface area contributed by atoms with Crippen LogP contribution >= 0.6 is 0 Å². The standard InChI is InChI=1S/C18H31NO4/c1-3-4-5-6-7-8-9-10-11-12-13-21-17(20)16(19-2)18-22-14-15-23-18/h16,18H,3-15H2,1H3. The average molecular weight is 325 g/mol. The van der Waals surface area contributed by atoms with Crippen LogP contribution in [0.4, 0.5) is 0 Å². The molecule has 0 aromatic heterocycles. The van der Waals surface area contributed by atoms with Crippen LogP contribution in [0.3, 0.4) is 0 Å². The highest BCUT2D eigenvalue weighted by Gasteiger charge is 2.39. The van der Waals surface area contributed by atoms with Crippen molar-refractivity contribution in [2.75, 3.05) is 19.8 Å². The van der Waals surface area contributed by atoms with Gasteiger partial charge in [-0.1, -0.05) is 64.7 Å². The molecule has 0 aromatic carbocycles. The number of carbonyl (C=O) groups excluding carboxylic acids is 1. The minimum Gasteiger partial charge on any atom is -0.460 e. The molecule has 23 heavy (non-hydrogen) atoms. The van der Waals surface area contributed by atoms with Crippen LogP contribution in [0.5, 0.6) is 0 Å². The third kappa shape index (κ3) is 8.92. The fourth-order valence-corrected chi connectivity index (χ4v) is 2.63. The van der Waals surface area contributed by atoms with Gasteiger partial charge in [0, 0.05) is 0 Å². The van der Waals surface area contributed by atoms with Crippen molar-refractivity contribution in [3.05, 3.63) is 11.4 Å². The molecule has 1 atom stereocenters. The molecule has 0 aliphatic carbocycles. The number of ether oxygens (including phenoxy) is 3. The van der Waals surface area contributed by atoms with Gasteiger partial charge in [0.05, 0.1) is 19.8 Å². The second kappa shape index (κ2) is 13.3. The number of nitrogens with zero attached hydrogens (tertiary/aromatic N) is 1. The van der Waals surface area contributed by atoms with Crippen molar-refractivity contribution in [2.45, 2.75) is 83.5 Å². The van der Waals surface area contributed by atoms with E-state index in [0.717, 1.165) is 12.8 Å². The molecule has 1 heterocycles. The lowest BCUT2D eigenvalue weighted by molar-refractivity contribution is -0.153. The molecule has 1 aliphatic heterocycles. The fraction of sp³-hybridized carbons (Fsp3) is 0.889. The highest BCUT2D eigenvalue weighted by atomic mass is 16.7. The zero-order valence-corrected chi connectivity index (χ0v) is 14.4. The minimum atomic E-state index is -0.986. The number of rotatable bonds is 13. The molecule has 1 unspecified atom stereocenters. The number of esters is 1. The summed E-state index contributed by atoms with van der Waals surface area (Å²) in [6.45, 7) is 10.6. The third-order valence-electron chi connectivity index (χ3n) is 4.03.